The van der Waals surface area contributed by atoms with Crippen molar-refractivity contribution in [1.29, 1.82) is 0 Å². The fourth-order valence-electron chi connectivity index (χ4n) is 2.74. The molecule has 10 heteroatoms. The van der Waals surface area contributed by atoms with Crippen molar-refractivity contribution in [2.24, 2.45) is 0 Å². The molecule has 2 amide bonds. The normalized spacial score (nSPS) is 10.1. The predicted octanol–water partition coefficient (Wildman–Crippen LogP) is 7.74. The maximum atomic E-state index is 11.5. The number of hydrogen-bond acceptors (Lipinski definition) is 2. The van der Waals surface area contributed by atoms with Crippen LogP contribution in [0.2, 0.25) is 39.3 Å². The Labute approximate surface area is 257 Å². The molecule has 0 atom stereocenters. The van der Waals surface area contributed by atoms with Crippen molar-refractivity contribution >= 4 is 91.5 Å². The first-order chi connectivity index (χ1) is 15.5. The number of hydrogen-bond donors (Lipinski definition) is 2. The molecule has 0 fully saturated rings. The Balaban J connectivity index is 0. The van der Waals surface area contributed by atoms with Crippen molar-refractivity contribution in [2.45, 2.75) is 39.3 Å². The van der Waals surface area contributed by atoms with Gasteiger partial charge in [-0.2, -0.15) is 35.0 Å². The van der Waals surface area contributed by atoms with E-state index in [0.717, 1.165) is 0 Å². The fourth-order valence-corrected chi connectivity index (χ4v) is 10.5. The number of benzene rings is 2. The third-order valence-corrected chi connectivity index (χ3v) is 10.8. The molecule has 0 bridgehead atoms. The molecule has 0 spiro atoms. The second-order valence-electron chi connectivity index (χ2n) is 9.90. The van der Waals surface area contributed by atoms with Gasteiger partial charge in [0.1, 0.15) is 0 Å². The molecule has 191 valence electrons. The third-order valence-electron chi connectivity index (χ3n) is 4.86. The number of nitrogens with one attached hydrogen (secondary N) is 2. The zero-order valence-corrected chi connectivity index (χ0v) is 30.3. The Morgan fingerprint density at radius 3 is 1.28 bits per heavy atom. The Morgan fingerprint density at radius 1 is 0.639 bits per heavy atom. The Morgan fingerprint density at radius 2 is 0.972 bits per heavy atom. The molecule has 4 aromatic rings. The molecule has 0 aliphatic carbocycles. The molecule has 4 rings (SSSR count). The van der Waals surface area contributed by atoms with Gasteiger partial charge >= 0.3 is 128 Å². The maximum Gasteiger partial charge on any atom is 2.00 e. The van der Waals surface area contributed by atoms with Crippen molar-refractivity contribution in [3.63, 3.8) is 0 Å². The molecular weight excluding hydrogens is 660 g/mol. The van der Waals surface area contributed by atoms with E-state index in [0.29, 0.717) is 0 Å². The van der Waals surface area contributed by atoms with E-state index in [-0.39, 0.29) is 62.1 Å². The van der Waals surface area contributed by atoms with Crippen molar-refractivity contribution in [3.05, 3.63) is 84.9 Å². The van der Waals surface area contributed by atoms with Gasteiger partial charge in [0.05, 0.1) is 0 Å². The number of carbonyl (C=O) groups excluding carboxylic acids is 2. The van der Waals surface area contributed by atoms with Crippen LogP contribution in [0.4, 0.5) is 9.59 Å². The summed E-state index contributed by atoms with van der Waals surface area (Å²) >= 11 is -1.13. The summed E-state index contributed by atoms with van der Waals surface area (Å²) in [6, 6.07) is 29.3. The molecule has 4 nitrogen and oxygen atoms in total. The summed E-state index contributed by atoms with van der Waals surface area (Å²) in [5, 5.41) is 5.32. The van der Waals surface area contributed by atoms with Crippen molar-refractivity contribution in [1.82, 2.24) is 8.05 Å². The summed E-state index contributed by atoms with van der Waals surface area (Å²) < 4.78 is 5.79. The van der Waals surface area contributed by atoms with E-state index in [4.69, 9.17) is 0 Å². The summed E-state index contributed by atoms with van der Waals surface area (Å²) in [6.45, 7) is 12.0. The van der Waals surface area contributed by atoms with E-state index < -0.39 is 34.0 Å². The number of rotatable bonds is 4. The monoisotopic (exact) mass is 693 g/mol. The number of fused-ring (bicyclic) bond motifs is 2. The standard InChI is InChI=1S/2C9H7.2C4H11NOSi.2ClH.Ga.Zr/c2*1-2-5-9-7-3-6-8(9)4-1;2*1-7(2,3)4(5)6;;;;/h2*1-7H;2*1-3H3,(H2,5,6);2*1H;;/q2*-1;;;;;2*+2/p-2. The summed E-state index contributed by atoms with van der Waals surface area (Å²) in [4.78, 5) is 23.1. The molecule has 1 radical (unpaired) electrons. The molecule has 36 heavy (non-hydrogen) atoms. The van der Waals surface area contributed by atoms with Crippen LogP contribution in [0.5, 0.6) is 0 Å². The van der Waals surface area contributed by atoms with Crippen LogP contribution in [0.15, 0.2) is 84.9 Å². The topological polar surface area (TPSA) is 58.2 Å². The smallest absolute Gasteiger partial charge is 0.168 e. The van der Waals surface area contributed by atoms with Gasteiger partial charge < -0.3 is 0 Å². The van der Waals surface area contributed by atoms with Gasteiger partial charge in [0.2, 0.25) is 0 Å². The Kier molecular flexibility index (Phi) is 18.2. The molecular formula is C26H36Cl2GaN2O2Si2Zr. The summed E-state index contributed by atoms with van der Waals surface area (Å²) in [5.41, 5.74) is 0.303. The van der Waals surface area contributed by atoms with Crippen LogP contribution in [0.3, 0.4) is 0 Å². The molecule has 0 aliphatic heterocycles. The van der Waals surface area contributed by atoms with Gasteiger partial charge in [-0.1, -0.05) is 12.1 Å². The van der Waals surface area contributed by atoms with E-state index in [1.165, 1.54) is 21.5 Å². The summed E-state index contributed by atoms with van der Waals surface area (Å²) in [5.74, 6) is 0. The minimum absolute atomic E-state index is 0. The van der Waals surface area contributed by atoms with Crippen molar-refractivity contribution < 1.29 is 35.8 Å². The predicted molar refractivity (Wildman–Crippen MR) is 163 cm³/mol. The van der Waals surface area contributed by atoms with E-state index in [9.17, 15) is 9.59 Å². The average molecular weight is 697 g/mol. The molecule has 4 aromatic carbocycles. The van der Waals surface area contributed by atoms with Gasteiger partial charge in [0, 0.05) is 0 Å². The average Bonchev–Trinajstić information content (AvgIpc) is 3.42. The summed E-state index contributed by atoms with van der Waals surface area (Å²) in [6.07, 6.45) is 0. The van der Waals surface area contributed by atoms with Gasteiger partial charge in [0.25, 0.3) is 0 Å². The second kappa shape index (κ2) is 17.6. The zero-order chi connectivity index (χ0) is 24.5. The molecule has 0 aromatic heterocycles. The molecule has 0 unspecified atom stereocenters. The maximum absolute atomic E-state index is 11.5. The molecule has 0 aliphatic rings. The minimum atomic E-state index is -1.73. The largest absolute Gasteiger partial charge is 2.00 e. The number of carbonyl (C=O) groups is 2. The third kappa shape index (κ3) is 13.1. The van der Waals surface area contributed by atoms with E-state index >= 15 is 0 Å². The first-order valence-corrected chi connectivity index (χ1v) is 20.6. The minimum Gasteiger partial charge on any atom is -0.168 e. The second-order valence-corrected chi connectivity index (χ2v) is 21.6. The number of amides is 2. The van der Waals surface area contributed by atoms with Crippen LogP contribution in [0, 0.1) is 0 Å². The van der Waals surface area contributed by atoms with Crippen LogP contribution in [-0.4, -0.2) is 45.1 Å². The van der Waals surface area contributed by atoms with Crippen LogP contribution in [0.1, 0.15) is 0 Å². The Hall–Kier alpha value is -0.867. The van der Waals surface area contributed by atoms with Crippen molar-refractivity contribution in [3.8, 4) is 0 Å². The van der Waals surface area contributed by atoms with Crippen LogP contribution < -0.4 is 8.05 Å². The fraction of sp³-hybridized carbons (Fsp3) is 0.231. The molecule has 0 saturated heterocycles. The van der Waals surface area contributed by atoms with Gasteiger partial charge in [-0.15, -0.1) is 84.1 Å². The van der Waals surface area contributed by atoms with Crippen molar-refractivity contribution in [2.75, 3.05) is 0 Å². The van der Waals surface area contributed by atoms with Gasteiger partial charge in [-0.3, -0.25) is 0 Å². The zero-order valence-electron chi connectivity index (χ0n) is 21.8. The van der Waals surface area contributed by atoms with Crippen LogP contribution >= 0.6 is 24.8 Å². The quantitative estimate of drug-likeness (QED) is 0.170. The van der Waals surface area contributed by atoms with E-state index in [2.05, 4.69) is 93.0 Å². The SMILES string of the molecule is C[Si](C)(C)C(=O)[NH][Ga][NH]C(=O)[Si](C)(C)C.Cl.Cl.[Zr+2].c1ccc2[cH-]ccc2c1.c1ccc2[cH-]ccc2c1. The van der Waals surface area contributed by atoms with Gasteiger partial charge in [-0.25, -0.2) is 0 Å². The molecule has 2 N–H and O–H groups in total. The first-order valence-electron chi connectivity index (χ1n) is 11.1. The Bertz CT molecular complexity index is 1040. The van der Waals surface area contributed by atoms with Gasteiger partial charge in [0.15, 0.2) is 0 Å². The van der Waals surface area contributed by atoms with Crippen LogP contribution in [0.25, 0.3) is 21.5 Å². The summed E-state index contributed by atoms with van der Waals surface area (Å²) in [7, 11) is -3.46. The van der Waals surface area contributed by atoms with E-state index in [1.807, 2.05) is 39.3 Å². The molecule has 0 heterocycles. The van der Waals surface area contributed by atoms with Gasteiger partial charge in [-0.05, 0) is 0 Å². The molecule has 0 saturated carbocycles. The van der Waals surface area contributed by atoms with Crippen LogP contribution in [-0.2, 0) is 26.2 Å². The number of halogens is 2. The van der Waals surface area contributed by atoms with E-state index in [1.54, 1.807) is 0 Å². The first kappa shape index (κ1) is 37.3.